The van der Waals surface area contributed by atoms with Crippen LogP contribution in [0.25, 0.3) is 5.57 Å². The van der Waals surface area contributed by atoms with Crippen molar-refractivity contribution in [3.05, 3.63) is 35.9 Å². The van der Waals surface area contributed by atoms with Crippen molar-refractivity contribution in [1.29, 1.82) is 0 Å². The van der Waals surface area contributed by atoms with Gasteiger partial charge in [0.15, 0.2) is 0 Å². The highest BCUT2D eigenvalue weighted by molar-refractivity contribution is 5.94. The van der Waals surface area contributed by atoms with Crippen LogP contribution < -0.4 is 15.4 Å². The van der Waals surface area contributed by atoms with Gasteiger partial charge in [0.1, 0.15) is 5.75 Å². The van der Waals surface area contributed by atoms with Gasteiger partial charge in [-0.2, -0.15) is 0 Å². The summed E-state index contributed by atoms with van der Waals surface area (Å²) >= 11 is 0. The van der Waals surface area contributed by atoms with E-state index in [1.165, 1.54) is 18.2 Å². The monoisotopic (exact) mass is 331 g/mol. The number of nitrogens with one attached hydrogen (secondary N) is 2. The SMILES string of the molecule is CNC(=O)NC(=O)CCCN1CC=C(c2ccc(OC)cc2)CC1. The van der Waals surface area contributed by atoms with Gasteiger partial charge in [-0.25, -0.2) is 4.79 Å². The number of benzene rings is 1. The number of hydrogen-bond donors (Lipinski definition) is 2. The topological polar surface area (TPSA) is 70.7 Å². The van der Waals surface area contributed by atoms with E-state index in [-0.39, 0.29) is 5.91 Å². The Morgan fingerprint density at radius 2 is 2.00 bits per heavy atom. The molecule has 0 saturated heterocycles. The van der Waals surface area contributed by atoms with Gasteiger partial charge in [0.2, 0.25) is 5.91 Å². The second-order valence-electron chi connectivity index (χ2n) is 5.74. The van der Waals surface area contributed by atoms with E-state index in [0.29, 0.717) is 6.42 Å². The summed E-state index contributed by atoms with van der Waals surface area (Å²) < 4.78 is 5.18. The first-order valence-electron chi connectivity index (χ1n) is 8.19. The maximum absolute atomic E-state index is 11.5. The molecule has 0 atom stereocenters. The minimum absolute atomic E-state index is 0.235. The van der Waals surface area contributed by atoms with Crippen LogP contribution in [0.2, 0.25) is 0 Å². The number of hydrogen-bond acceptors (Lipinski definition) is 4. The fourth-order valence-electron chi connectivity index (χ4n) is 2.70. The first kappa shape index (κ1) is 18.0. The van der Waals surface area contributed by atoms with Crippen molar-refractivity contribution < 1.29 is 14.3 Å². The molecule has 6 heteroatoms. The minimum atomic E-state index is -0.454. The molecular formula is C18H25N3O3. The Balaban J connectivity index is 1.74. The van der Waals surface area contributed by atoms with E-state index in [1.54, 1.807) is 7.11 Å². The largest absolute Gasteiger partial charge is 0.497 e. The lowest BCUT2D eigenvalue weighted by molar-refractivity contribution is -0.120. The summed E-state index contributed by atoms with van der Waals surface area (Å²) in [5.74, 6) is 0.632. The van der Waals surface area contributed by atoms with Crippen LogP contribution in [0.15, 0.2) is 30.3 Å². The van der Waals surface area contributed by atoms with E-state index in [9.17, 15) is 9.59 Å². The molecule has 0 spiro atoms. The maximum atomic E-state index is 11.5. The van der Waals surface area contributed by atoms with Gasteiger partial charge in [-0.3, -0.25) is 15.0 Å². The molecule has 6 nitrogen and oxygen atoms in total. The molecule has 1 heterocycles. The molecule has 0 fully saturated rings. The van der Waals surface area contributed by atoms with Crippen molar-refractivity contribution in [2.24, 2.45) is 0 Å². The summed E-state index contributed by atoms with van der Waals surface area (Å²) in [6.45, 7) is 2.72. The minimum Gasteiger partial charge on any atom is -0.497 e. The second-order valence-corrected chi connectivity index (χ2v) is 5.74. The zero-order chi connectivity index (χ0) is 17.4. The number of amides is 3. The van der Waals surface area contributed by atoms with Crippen molar-refractivity contribution in [1.82, 2.24) is 15.5 Å². The van der Waals surface area contributed by atoms with Gasteiger partial charge >= 0.3 is 6.03 Å². The molecule has 0 saturated carbocycles. The van der Waals surface area contributed by atoms with E-state index in [2.05, 4.69) is 33.7 Å². The average Bonchev–Trinajstić information content (AvgIpc) is 2.62. The Labute approximate surface area is 142 Å². The zero-order valence-corrected chi connectivity index (χ0v) is 14.3. The Bertz CT molecular complexity index is 596. The highest BCUT2D eigenvalue weighted by Gasteiger charge is 2.13. The first-order chi connectivity index (χ1) is 11.6. The summed E-state index contributed by atoms with van der Waals surface area (Å²) in [7, 11) is 3.16. The number of carbonyl (C=O) groups excluding carboxylic acids is 2. The van der Waals surface area contributed by atoms with Crippen LogP contribution in [-0.2, 0) is 4.79 Å². The van der Waals surface area contributed by atoms with Crippen molar-refractivity contribution >= 4 is 17.5 Å². The molecular weight excluding hydrogens is 306 g/mol. The molecule has 0 unspecified atom stereocenters. The molecule has 2 rings (SSSR count). The maximum Gasteiger partial charge on any atom is 0.321 e. The third kappa shape index (κ3) is 5.38. The third-order valence-corrected chi connectivity index (χ3v) is 4.11. The molecule has 0 bridgehead atoms. The number of rotatable bonds is 6. The number of urea groups is 1. The van der Waals surface area contributed by atoms with Crippen LogP contribution in [0.3, 0.4) is 0 Å². The zero-order valence-electron chi connectivity index (χ0n) is 14.3. The van der Waals surface area contributed by atoms with Crippen LogP contribution in [0.5, 0.6) is 5.75 Å². The van der Waals surface area contributed by atoms with Gasteiger partial charge < -0.3 is 10.1 Å². The van der Waals surface area contributed by atoms with Crippen LogP contribution in [-0.4, -0.2) is 50.6 Å². The molecule has 24 heavy (non-hydrogen) atoms. The standard InChI is InChI=1S/C18H25N3O3/c1-19-18(23)20-17(22)4-3-11-21-12-9-15(10-13-21)14-5-7-16(24-2)8-6-14/h5-9H,3-4,10-13H2,1-2H3,(H2,19,20,22,23). The van der Waals surface area contributed by atoms with Crippen molar-refractivity contribution in [2.75, 3.05) is 33.8 Å². The highest BCUT2D eigenvalue weighted by atomic mass is 16.5. The van der Waals surface area contributed by atoms with Gasteiger partial charge in [-0.05, 0) is 42.7 Å². The van der Waals surface area contributed by atoms with Gasteiger partial charge in [0.05, 0.1) is 7.11 Å². The van der Waals surface area contributed by atoms with Crippen molar-refractivity contribution in [3.8, 4) is 5.75 Å². The fourth-order valence-corrected chi connectivity index (χ4v) is 2.70. The van der Waals surface area contributed by atoms with Crippen molar-refractivity contribution in [3.63, 3.8) is 0 Å². The third-order valence-electron chi connectivity index (χ3n) is 4.11. The molecule has 0 radical (unpaired) electrons. The number of nitrogens with zero attached hydrogens (tertiary/aromatic N) is 1. The normalized spacial score (nSPS) is 14.7. The molecule has 130 valence electrons. The highest BCUT2D eigenvalue weighted by Crippen LogP contribution is 2.24. The van der Waals surface area contributed by atoms with E-state index in [0.717, 1.165) is 38.2 Å². The lowest BCUT2D eigenvalue weighted by Gasteiger charge is -2.26. The summed E-state index contributed by atoms with van der Waals surface area (Å²) in [6, 6.07) is 7.68. The molecule has 0 aromatic heterocycles. The van der Waals surface area contributed by atoms with Crippen LogP contribution >= 0.6 is 0 Å². The van der Waals surface area contributed by atoms with Gasteiger partial charge in [-0.1, -0.05) is 18.2 Å². The summed E-state index contributed by atoms with van der Waals surface area (Å²) in [4.78, 5) is 24.9. The summed E-state index contributed by atoms with van der Waals surface area (Å²) in [5.41, 5.74) is 2.59. The van der Waals surface area contributed by atoms with E-state index in [4.69, 9.17) is 4.74 Å². The summed E-state index contributed by atoms with van der Waals surface area (Å²) in [5, 5.41) is 4.64. The predicted octanol–water partition coefficient (Wildman–Crippen LogP) is 2.02. The van der Waals surface area contributed by atoms with E-state index in [1.807, 2.05) is 12.1 Å². The molecule has 1 aliphatic heterocycles. The Morgan fingerprint density at radius 3 is 2.58 bits per heavy atom. The predicted molar refractivity (Wildman–Crippen MR) is 93.9 cm³/mol. The molecule has 0 aliphatic carbocycles. The molecule has 2 N–H and O–H groups in total. The van der Waals surface area contributed by atoms with Crippen molar-refractivity contribution in [2.45, 2.75) is 19.3 Å². The smallest absolute Gasteiger partial charge is 0.321 e. The molecule has 3 amide bonds. The van der Waals surface area contributed by atoms with Gasteiger partial charge in [0.25, 0.3) is 0 Å². The average molecular weight is 331 g/mol. The Morgan fingerprint density at radius 1 is 1.25 bits per heavy atom. The molecule has 1 aliphatic rings. The Kier molecular flexibility index (Phi) is 6.81. The lowest BCUT2D eigenvalue weighted by atomic mass is 9.99. The fraction of sp³-hybridized carbons (Fsp3) is 0.444. The van der Waals surface area contributed by atoms with Gasteiger partial charge in [0, 0.05) is 26.6 Å². The van der Waals surface area contributed by atoms with Crippen LogP contribution in [0.4, 0.5) is 4.79 Å². The lowest BCUT2D eigenvalue weighted by Crippen LogP contribution is -2.37. The number of imide groups is 1. The number of carbonyl (C=O) groups is 2. The van der Waals surface area contributed by atoms with E-state index < -0.39 is 6.03 Å². The summed E-state index contributed by atoms with van der Waals surface area (Å²) in [6.07, 6.45) is 4.35. The Hall–Kier alpha value is -2.34. The second kappa shape index (κ2) is 9.08. The van der Waals surface area contributed by atoms with E-state index >= 15 is 0 Å². The quantitative estimate of drug-likeness (QED) is 0.837. The number of ether oxygens (including phenoxy) is 1. The molecule has 1 aromatic rings. The van der Waals surface area contributed by atoms with Crippen LogP contribution in [0.1, 0.15) is 24.8 Å². The van der Waals surface area contributed by atoms with Gasteiger partial charge in [-0.15, -0.1) is 0 Å². The first-order valence-corrected chi connectivity index (χ1v) is 8.19. The molecule has 1 aromatic carbocycles. The van der Waals surface area contributed by atoms with Crippen LogP contribution in [0, 0.1) is 0 Å². The number of methoxy groups -OCH3 is 1.